The van der Waals surface area contributed by atoms with Crippen LogP contribution in [0.15, 0.2) is 69.9 Å². The number of nitriles is 1. The first-order valence-corrected chi connectivity index (χ1v) is 15.0. The topological polar surface area (TPSA) is 59.7 Å². The Balaban J connectivity index is 2.47. The zero-order chi connectivity index (χ0) is 30.5. The molecule has 222 valence electrons. The second-order valence-electron chi connectivity index (χ2n) is 11.1. The molecule has 0 bridgehead atoms. The van der Waals surface area contributed by atoms with E-state index in [0.29, 0.717) is 30.8 Å². The van der Waals surface area contributed by atoms with Gasteiger partial charge in [-0.15, -0.1) is 0 Å². The van der Waals surface area contributed by atoms with E-state index in [0.717, 1.165) is 60.4 Å². The molecule has 1 heterocycles. The molecule has 1 aliphatic rings. The first kappa shape index (κ1) is 33.7. The maximum absolute atomic E-state index is 15.2. The normalized spacial score (nSPS) is 18.0. The van der Waals surface area contributed by atoms with Gasteiger partial charge in [0.1, 0.15) is 5.82 Å². The van der Waals surface area contributed by atoms with E-state index < -0.39 is 0 Å². The third kappa shape index (κ3) is 9.28. The highest BCUT2D eigenvalue weighted by atomic mass is 19.1. The predicted octanol–water partition coefficient (Wildman–Crippen LogP) is 8.13. The largest absolute Gasteiger partial charge is 0.368 e. The number of nitrogens with zero attached hydrogens (tertiary/aromatic N) is 4. The predicted molar refractivity (Wildman–Crippen MR) is 170 cm³/mol. The molecule has 1 aromatic rings. The smallest absolute Gasteiger partial charge is 0.225 e. The summed E-state index contributed by atoms with van der Waals surface area (Å²) in [7, 11) is 0. The fourth-order valence-corrected chi connectivity index (χ4v) is 5.54. The van der Waals surface area contributed by atoms with Crippen LogP contribution in [0.5, 0.6) is 0 Å². The highest BCUT2D eigenvalue weighted by Crippen LogP contribution is 2.33. The maximum atomic E-state index is 15.2. The van der Waals surface area contributed by atoms with E-state index in [4.69, 9.17) is 10.3 Å². The molecule has 1 unspecified atom stereocenters. The lowest BCUT2D eigenvalue weighted by Gasteiger charge is -2.43. The summed E-state index contributed by atoms with van der Waals surface area (Å²) in [6, 6.07) is 9.27. The van der Waals surface area contributed by atoms with Crippen molar-refractivity contribution in [2.45, 2.75) is 87.1 Å². The Morgan fingerprint density at radius 1 is 1.15 bits per heavy atom. The van der Waals surface area contributed by atoms with Gasteiger partial charge in [0, 0.05) is 66.3 Å². The van der Waals surface area contributed by atoms with E-state index in [1.54, 1.807) is 6.07 Å². The van der Waals surface area contributed by atoms with Crippen molar-refractivity contribution >= 4 is 17.2 Å². The molecule has 1 fully saturated rings. The van der Waals surface area contributed by atoms with E-state index >= 15 is 4.39 Å². The Bertz CT molecular complexity index is 1240. The van der Waals surface area contributed by atoms with Gasteiger partial charge < -0.3 is 9.80 Å². The van der Waals surface area contributed by atoms with Crippen molar-refractivity contribution in [3.05, 3.63) is 76.3 Å². The van der Waals surface area contributed by atoms with E-state index in [1.165, 1.54) is 6.07 Å². The van der Waals surface area contributed by atoms with E-state index in [9.17, 15) is 4.79 Å². The summed E-state index contributed by atoms with van der Waals surface area (Å²) < 4.78 is 15.2. The van der Waals surface area contributed by atoms with Crippen LogP contribution in [0.4, 0.5) is 4.39 Å². The van der Waals surface area contributed by atoms with Crippen molar-refractivity contribution in [1.29, 1.82) is 5.26 Å². The van der Waals surface area contributed by atoms with E-state index in [-0.39, 0.29) is 23.7 Å². The number of unbranched alkanes of at least 4 members (excludes halogenated alkanes) is 1. The van der Waals surface area contributed by atoms with Crippen molar-refractivity contribution in [2.24, 2.45) is 10.9 Å². The number of benzene rings is 1. The molecule has 1 saturated heterocycles. The van der Waals surface area contributed by atoms with Crippen LogP contribution in [0.1, 0.15) is 86.6 Å². The standard InChI is InChI=1S/C35H49FN4O/c1-9-29(22-26(6)23-37)16-12-15-19-33(38-11-3)34(30(10-2)31-17-13-14-18-32(31)36)28(8)40-21-20-39(24-27(40)7)35(41)25(4)5/h9-10,13-14,17-18,22,25,27H,11-12,15-16,19-21,24H2,1-8H3/b26-22+,29-9-,30-10-,34-28+,38-33?. The Hall–Kier alpha value is -3.46. The number of allylic oxidation sites excluding steroid dienone is 8. The van der Waals surface area contributed by atoms with E-state index in [2.05, 4.69) is 30.9 Å². The van der Waals surface area contributed by atoms with Crippen LogP contribution in [0, 0.1) is 23.1 Å². The van der Waals surface area contributed by atoms with Crippen molar-refractivity contribution in [3.63, 3.8) is 0 Å². The molecule has 41 heavy (non-hydrogen) atoms. The Morgan fingerprint density at radius 3 is 2.39 bits per heavy atom. The minimum absolute atomic E-state index is 0.0256. The van der Waals surface area contributed by atoms with Crippen molar-refractivity contribution in [1.82, 2.24) is 9.80 Å². The molecule has 0 spiro atoms. The first-order chi connectivity index (χ1) is 19.6. The lowest BCUT2D eigenvalue weighted by Crippen LogP contribution is -2.54. The summed E-state index contributed by atoms with van der Waals surface area (Å²) >= 11 is 0. The lowest BCUT2D eigenvalue weighted by atomic mass is 9.89. The number of amides is 1. The third-order valence-corrected chi connectivity index (χ3v) is 7.66. The monoisotopic (exact) mass is 560 g/mol. The van der Waals surface area contributed by atoms with Crippen LogP contribution in [-0.2, 0) is 4.79 Å². The van der Waals surface area contributed by atoms with Crippen LogP contribution in [0.25, 0.3) is 5.57 Å². The molecule has 5 nitrogen and oxygen atoms in total. The van der Waals surface area contributed by atoms with Crippen molar-refractivity contribution in [2.75, 3.05) is 26.2 Å². The molecule has 1 amide bonds. The van der Waals surface area contributed by atoms with Gasteiger partial charge in [-0.2, -0.15) is 5.26 Å². The molecular formula is C35H49FN4O. The summed E-state index contributed by atoms with van der Waals surface area (Å²) in [6.07, 6.45) is 9.56. The van der Waals surface area contributed by atoms with Crippen LogP contribution in [0.3, 0.4) is 0 Å². The highest BCUT2D eigenvalue weighted by molar-refractivity contribution is 6.13. The second kappa shape index (κ2) is 16.7. The molecule has 0 aromatic heterocycles. The SMILES string of the molecule is C/C=C(\C=C(/C)C#N)CCCCC(=NCC)C(/C(=C\C)c1ccccc1F)=C(\C)N1CCN(C(=O)C(C)C)CC1C. The first-order valence-electron chi connectivity index (χ1n) is 15.0. The van der Waals surface area contributed by atoms with E-state index in [1.807, 2.05) is 70.7 Å². The molecule has 1 atom stereocenters. The molecule has 0 aliphatic carbocycles. The molecular weight excluding hydrogens is 511 g/mol. The van der Waals surface area contributed by atoms with Gasteiger partial charge in [0.15, 0.2) is 0 Å². The summed E-state index contributed by atoms with van der Waals surface area (Å²) in [5.74, 6) is -0.0887. The van der Waals surface area contributed by atoms with Crippen LogP contribution >= 0.6 is 0 Å². The number of hydrogen-bond donors (Lipinski definition) is 0. The molecule has 0 saturated carbocycles. The average Bonchev–Trinajstić information content (AvgIpc) is 2.96. The number of carbonyl (C=O) groups excluding carboxylic acids is 1. The molecule has 6 heteroatoms. The fraction of sp³-hybridized carbons (Fsp3) is 0.514. The summed E-state index contributed by atoms with van der Waals surface area (Å²) in [5.41, 5.74) is 6.33. The number of aliphatic imine (C=N–C) groups is 1. The molecule has 1 aromatic carbocycles. The second-order valence-corrected chi connectivity index (χ2v) is 11.1. The van der Waals surface area contributed by atoms with Gasteiger partial charge in [-0.25, -0.2) is 4.39 Å². The zero-order valence-electron chi connectivity index (χ0n) is 26.4. The highest BCUT2D eigenvalue weighted by Gasteiger charge is 2.30. The Labute approximate surface area is 247 Å². The minimum Gasteiger partial charge on any atom is -0.368 e. The number of hydrogen-bond acceptors (Lipinski definition) is 4. The number of carbonyl (C=O) groups is 1. The summed E-state index contributed by atoms with van der Waals surface area (Å²) in [6.45, 7) is 18.7. The number of piperazine rings is 1. The van der Waals surface area contributed by atoms with Crippen molar-refractivity contribution in [3.8, 4) is 6.07 Å². The molecule has 0 N–H and O–H groups in total. The van der Waals surface area contributed by atoms with Gasteiger partial charge in [-0.3, -0.25) is 9.79 Å². The summed E-state index contributed by atoms with van der Waals surface area (Å²) in [5, 5.41) is 9.15. The van der Waals surface area contributed by atoms with Gasteiger partial charge >= 0.3 is 0 Å². The summed E-state index contributed by atoms with van der Waals surface area (Å²) in [4.78, 5) is 22.0. The Morgan fingerprint density at radius 2 is 1.83 bits per heavy atom. The number of rotatable bonds is 12. The number of halogens is 1. The third-order valence-electron chi connectivity index (χ3n) is 7.66. The van der Waals surface area contributed by atoms with Gasteiger partial charge in [-0.1, -0.05) is 49.8 Å². The van der Waals surface area contributed by atoms with Gasteiger partial charge in [0.2, 0.25) is 5.91 Å². The van der Waals surface area contributed by atoms with Gasteiger partial charge in [-0.05, 0) is 84.9 Å². The maximum Gasteiger partial charge on any atom is 0.225 e. The van der Waals surface area contributed by atoms with Crippen LogP contribution in [-0.4, -0.2) is 53.6 Å². The fourth-order valence-electron chi connectivity index (χ4n) is 5.54. The minimum atomic E-state index is -0.250. The zero-order valence-corrected chi connectivity index (χ0v) is 26.4. The quantitative estimate of drug-likeness (QED) is 0.112. The van der Waals surface area contributed by atoms with Gasteiger partial charge in [0.25, 0.3) is 0 Å². The Kier molecular flexibility index (Phi) is 13.8. The molecule has 2 rings (SSSR count). The van der Waals surface area contributed by atoms with Crippen LogP contribution < -0.4 is 0 Å². The average molecular weight is 561 g/mol. The molecule has 1 aliphatic heterocycles. The molecule has 0 radical (unpaired) electrons. The van der Waals surface area contributed by atoms with Crippen LogP contribution in [0.2, 0.25) is 0 Å². The van der Waals surface area contributed by atoms with Crippen molar-refractivity contribution < 1.29 is 9.18 Å². The van der Waals surface area contributed by atoms with Gasteiger partial charge in [0.05, 0.1) is 6.07 Å². The lowest BCUT2D eigenvalue weighted by molar-refractivity contribution is -0.136.